The Morgan fingerprint density at radius 2 is 2.03 bits per heavy atom. The van der Waals surface area contributed by atoms with Crippen molar-refractivity contribution >= 4 is 49.2 Å². The molecule has 0 spiro atoms. The first-order chi connectivity index (χ1) is 17.4. The van der Waals surface area contributed by atoms with Crippen LogP contribution in [0.5, 0.6) is 0 Å². The van der Waals surface area contributed by atoms with E-state index in [4.69, 9.17) is 0 Å². The van der Waals surface area contributed by atoms with Crippen LogP contribution in [0.3, 0.4) is 0 Å². The van der Waals surface area contributed by atoms with Crippen LogP contribution < -0.4 is 5.32 Å². The van der Waals surface area contributed by atoms with Crippen LogP contribution in [0.1, 0.15) is 51.4 Å². The Balaban J connectivity index is 1.32. The molecular weight excluding hydrogens is 498 g/mol. The van der Waals surface area contributed by atoms with Gasteiger partial charge in [-0.1, -0.05) is 38.2 Å². The van der Waals surface area contributed by atoms with E-state index >= 15 is 0 Å². The molecule has 3 heterocycles. The van der Waals surface area contributed by atoms with Crippen molar-refractivity contribution in [1.29, 1.82) is 0 Å². The van der Waals surface area contributed by atoms with Crippen LogP contribution in [0.4, 0.5) is 0 Å². The van der Waals surface area contributed by atoms with Gasteiger partial charge in [-0.15, -0.1) is 11.3 Å². The topological polar surface area (TPSA) is 112 Å². The van der Waals surface area contributed by atoms with Crippen LogP contribution in [0.15, 0.2) is 45.9 Å². The average Bonchev–Trinajstić information content (AvgIpc) is 3.37. The summed E-state index contributed by atoms with van der Waals surface area (Å²) in [5.74, 6) is 0.423. The van der Waals surface area contributed by atoms with E-state index in [2.05, 4.69) is 15.3 Å². The minimum absolute atomic E-state index is 0.146. The van der Waals surface area contributed by atoms with Crippen molar-refractivity contribution in [1.82, 2.24) is 19.5 Å². The Morgan fingerprint density at radius 3 is 2.78 bits per heavy atom. The second-order valence-corrected chi connectivity index (χ2v) is 12.5. The minimum Gasteiger partial charge on any atom is -0.328 e. The Bertz CT molecular complexity index is 1300. The molecular formula is C25H31N5O4S2. The quantitative estimate of drug-likeness (QED) is 0.617. The third-order valence-electron chi connectivity index (χ3n) is 7.27. The molecule has 1 aromatic heterocycles. The number of aliphatic imine (C=N–C) groups is 1. The third-order valence-corrected chi connectivity index (χ3v) is 9.91. The first kappa shape index (κ1) is 25.0. The van der Waals surface area contributed by atoms with Gasteiger partial charge in [0.25, 0.3) is 0 Å². The number of nitrogens with zero attached hydrogens (tertiary/aromatic N) is 4. The molecule has 1 N–H and O–H groups in total. The summed E-state index contributed by atoms with van der Waals surface area (Å²) in [6.07, 6.45) is 11.3. The number of allylic oxidation sites excluding steroid dienone is 1. The standard InChI is InChI=1S/C25H31N5O4S2/c31-24-16-29(36(33,34)19-9-10-20-22(15-19)35-17-27-20)12-13-30(24)21(14-18-6-2-1-3-7-18)25(32)28-23-8-4-5-11-26-23/h5,9-11,15,17-18,21H,1-4,6-8,12-14,16H2,(H,26,28,32)/t21-/m0/s1. The van der Waals surface area contributed by atoms with E-state index in [1.807, 2.05) is 6.08 Å². The summed E-state index contributed by atoms with van der Waals surface area (Å²) in [7, 11) is -3.85. The Labute approximate surface area is 215 Å². The highest BCUT2D eigenvalue weighted by molar-refractivity contribution is 7.89. The van der Waals surface area contributed by atoms with Crippen molar-refractivity contribution in [2.24, 2.45) is 10.9 Å². The molecule has 0 unspecified atom stereocenters. The second kappa shape index (κ2) is 10.8. The normalized spacial score (nSPS) is 20.9. The number of hydrogen-bond acceptors (Lipinski definition) is 7. The maximum Gasteiger partial charge on any atom is 0.248 e. The zero-order valence-corrected chi connectivity index (χ0v) is 21.8. The van der Waals surface area contributed by atoms with Gasteiger partial charge >= 0.3 is 0 Å². The van der Waals surface area contributed by atoms with Gasteiger partial charge in [0.1, 0.15) is 11.9 Å². The van der Waals surface area contributed by atoms with E-state index < -0.39 is 16.1 Å². The highest BCUT2D eigenvalue weighted by atomic mass is 32.2. The number of hydrogen-bond donors (Lipinski definition) is 1. The highest BCUT2D eigenvalue weighted by Gasteiger charge is 2.39. The summed E-state index contributed by atoms with van der Waals surface area (Å²) in [6.45, 7) is 0.0478. The lowest BCUT2D eigenvalue weighted by Crippen LogP contribution is -2.59. The summed E-state index contributed by atoms with van der Waals surface area (Å²) < 4.78 is 28.7. The van der Waals surface area contributed by atoms with Gasteiger partial charge in [-0.2, -0.15) is 4.31 Å². The largest absolute Gasteiger partial charge is 0.328 e. The van der Waals surface area contributed by atoms with Gasteiger partial charge in [-0.25, -0.2) is 18.4 Å². The van der Waals surface area contributed by atoms with Crippen molar-refractivity contribution in [3.05, 3.63) is 36.0 Å². The molecule has 11 heteroatoms. The number of carbonyl (C=O) groups excluding carboxylic acids is 2. The number of sulfonamides is 1. The van der Waals surface area contributed by atoms with E-state index in [1.165, 1.54) is 28.1 Å². The number of nitrogens with one attached hydrogen (secondary N) is 1. The molecule has 0 radical (unpaired) electrons. The summed E-state index contributed by atoms with van der Waals surface area (Å²) in [5, 5.41) is 2.94. The molecule has 0 bridgehead atoms. The number of amides is 2. The number of fused-ring (bicyclic) bond motifs is 1. The lowest BCUT2D eigenvalue weighted by atomic mass is 9.84. The molecule has 9 nitrogen and oxygen atoms in total. The van der Waals surface area contributed by atoms with E-state index in [-0.39, 0.29) is 36.3 Å². The smallest absolute Gasteiger partial charge is 0.248 e. The van der Waals surface area contributed by atoms with Gasteiger partial charge in [-0.05, 0) is 37.0 Å². The van der Waals surface area contributed by atoms with Crippen LogP contribution in [-0.4, -0.2) is 65.9 Å². The number of benzene rings is 1. The van der Waals surface area contributed by atoms with Crippen LogP contribution in [0.25, 0.3) is 10.2 Å². The van der Waals surface area contributed by atoms with Gasteiger partial charge in [0.15, 0.2) is 0 Å². The Kier molecular flexibility index (Phi) is 7.49. The number of rotatable bonds is 6. The molecule has 2 amide bonds. The predicted molar refractivity (Wildman–Crippen MR) is 139 cm³/mol. The number of carbonyl (C=O) groups is 2. The average molecular weight is 530 g/mol. The molecule has 3 aliphatic rings. The van der Waals surface area contributed by atoms with Crippen molar-refractivity contribution < 1.29 is 18.0 Å². The van der Waals surface area contributed by atoms with E-state index in [0.29, 0.717) is 24.6 Å². The van der Waals surface area contributed by atoms with Crippen LogP contribution in [0, 0.1) is 5.92 Å². The fraction of sp³-hybridized carbons (Fsp3) is 0.520. The van der Waals surface area contributed by atoms with E-state index in [1.54, 1.807) is 28.7 Å². The summed E-state index contributed by atoms with van der Waals surface area (Å²) in [6, 6.07) is 4.20. The minimum atomic E-state index is -3.85. The molecule has 2 aromatic rings. The zero-order chi connectivity index (χ0) is 25.1. The fourth-order valence-corrected chi connectivity index (χ4v) is 7.48. The molecule has 1 atom stereocenters. The van der Waals surface area contributed by atoms with Crippen molar-refractivity contribution in [2.75, 3.05) is 19.6 Å². The molecule has 36 heavy (non-hydrogen) atoms. The molecule has 1 saturated heterocycles. The monoisotopic (exact) mass is 529 g/mol. The van der Waals surface area contributed by atoms with E-state index in [0.717, 1.165) is 42.3 Å². The van der Waals surface area contributed by atoms with Crippen LogP contribution >= 0.6 is 11.3 Å². The molecule has 192 valence electrons. The fourth-order valence-electron chi connectivity index (χ4n) is 5.28. The number of piperazine rings is 1. The molecule has 5 rings (SSSR count). The SMILES string of the molecule is O=C(NC1=NC=CCC1)[C@H](CC1CCCCC1)N1CCN(S(=O)(=O)c2ccc3ncsc3c2)CC1=O. The summed E-state index contributed by atoms with van der Waals surface area (Å²) >= 11 is 1.38. The molecule has 2 aliphatic heterocycles. The molecule has 1 saturated carbocycles. The molecule has 1 aromatic carbocycles. The van der Waals surface area contributed by atoms with Crippen molar-refractivity contribution in [3.8, 4) is 0 Å². The first-order valence-corrected chi connectivity index (χ1v) is 14.9. The number of amidine groups is 1. The van der Waals surface area contributed by atoms with Crippen LogP contribution in [0.2, 0.25) is 0 Å². The third kappa shape index (κ3) is 5.37. The first-order valence-electron chi connectivity index (χ1n) is 12.6. The van der Waals surface area contributed by atoms with Gasteiger partial charge < -0.3 is 10.2 Å². The number of thiazole rings is 1. The predicted octanol–water partition coefficient (Wildman–Crippen LogP) is 3.29. The highest BCUT2D eigenvalue weighted by Crippen LogP contribution is 2.30. The second-order valence-electron chi connectivity index (χ2n) is 9.65. The van der Waals surface area contributed by atoms with Gasteiger partial charge in [0.05, 0.1) is 27.2 Å². The van der Waals surface area contributed by atoms with E-state index in [9.17, 15) is 18.0 Å². The van der Waals surface area contributed by atoms with Crippen molar-refractivity contribution in [3.63, 3.8) is 0 Å². The maximum absolute atomic E-state index is 13.4. The summed E-state index contributed by atoms with van der Waals surface area (Å²) in [5.41, 5.74) is 2.42. The Hall–Kier alpha value is -2.63. The molecule has 1 aliphatic carbocycles. The Morgan fingerprint density at radius 1 is 1.19 bits per heavy atom. The van der Waals surface area contributed by atoms with Crippen molar-refractivity contribution in [2.45, 2.75) is 62.3 Å². The number of aromatic nitrogens is 1. The summed E-state index contributed by atoms with van der Waals surface area (Å²) in [4.78, 5) is 36.9. The van der Waals surface area contributed by atoms with Gasteiger partial charge in [0, 0.05) is 25.7 Å². The maximum atomic E-state index is 13.4. The zero-order valence-electron chi connectivity index (χ0n) is 20.1. The lowest BCUT2D eigenvalue weighted by Gasteiger charge is -2.39. The van der Waals surface area contributed by atoms with Gasteiger partial charge in [0.2, 0.25) is 21.8 Å². The molecule has 2 fully saturated rings. The van der Waals surface area contributed by atoms with Gasteiger partial charge in [-0.3, -0.25) is 9.59 Å². The van der Waals surface area contributed by atoms with Crippen LogP contribution in [-0.2, 0) is 19.6 Å². The lowest BCUT2D eigenvalue weighted by molar-refractivity contribution is -0.143.